The van der Waals surface area contributed by atoms with Crippen molar-refractivity contribution >= 4 is 27.6 Å². The number of rotatable bonds is 4. The predicted molar refractivity (Wildman–Crippen MR) is 80.8 cm³/mol. The largest absolute Gasteiger partial charge is 0.497 e. The molecule has 0 aliphatic rings. The van der Waals surface area contributed by atoms with Gasteiger partial charge >= 0.3 is 5.97 Å². The average molecular weight is 353 g/mol. The van der Waals surface area contributed by atoms with E-state index in [1.165, 1.54) is 19.2 Å². The van der Waals surface area contributed by atoms with Gasteiger partial charge in [0.05, 0.1) is 24.4 Å². The van der Waals surface area contributed by atoms with Gasteiger partial charge in [0.2, 0.25) is 5.88 Å². The number of anilines is 1. The van der Waals surface area contributed by atoms with Crippen LogP contribution in [0.1, 0.15) is 10.5 Å². The Hall–Kier alpha value is -2.28. The molecule has 0 fully saturated rings. The van der Waals surface area contributed by atoms with Crippen LogP contribution in [0, 0.1) is 0 Å². The van der Waals surface area contributed by atoms with Crippen LogP contribution in [0.15, 0.2) is 34.8 Å². The number of pyridine rings is 1. The summed E-state index contributed by atoms with van der Waals surface area (Å²) in [6, 6.07) is 8.19. The minimum Gasteiger partial charge on any atom is -0.497 e. The summed E-state index contributed by atoms with van der Waals surface area (Å²) >= 11 is 3.37. The van der Waals surface area contributed by atoms with E-state index in [4.69, 9.17) is 15.2 Å². The van der Waals surface area contributed by atoms with Gasteiger partial charge in [0.1, 0.15) is 11.5 Å². The minimum atomic E-state index is -0.561. The Morgan fingerprint density at radius 1 is 1.24 bits per heavy atom. The van der Waals surface area contributed by atoms with Gasteiger partial charge in [-0.2, -0.15) is 0 Å². The Morgan fingerprint density at radius 2 is 2.00 bits per heavy atom. The maximum Gasteiger partial charge on any atom is 0.356 e. The van der Waals surface area contributed by atoms with Crippen molar-refractivity contribution in [1.29, 1.82) is 0 Å². The molecule has 0 radical (unpaired) electrons. The Bertz CT molecular complexity index is 676. The first-order valence-corrected chi connectivity index (χ1v) is 6.70. The van der Waals surface area contributed by atoms with Crippen molar-refractivity contribution in [2.24, 2.45) is 0 Å². The molecule has 0 amide bonds. The Balaban J connectivity index is 2.32. The molecule has 0 spiro atoms. The van der Waals surface area contributed by atoms with Crippen LogP contribution in [0.5, 0.6) is 17.4 Å². The molecule has 0 bridgehead atoms. The van der Waals surface area contributed by atoms with Crippen molar-refractivity contribution in [1.82, 2.24) is 4.98 Å². The lowest BCUT2D eigenvalue weighted by atomic mass is 10.3. The van der Waals surface area contributed by atoms with Crippen LogP contribution in [-0.2, 0) is 4.74 Å². The van der Waals surface area contributed by atoms with Gasteiger partial charge in [-0.05, 0) is 46.3 Å². The van der Waals surface area contributed by atoms with E-state index in [1.54, 1.807) is 25.3 Å². The molecule has 6 nitrogen and oxygen atoms in total. The lowest BCUT2D eigenvalue weighted by molar-refractivity contribution is 0.0593. The van der Waals surface area contributed by atoms with E-state index < -0.39 is 5.97 Å². The Morgan fingerprint density at radius 3 is 2.62 bits per heavy atom. The SMILES string of the molecule is COC(=O)c1ccc(N)c(Oc2ccc(OC)cc2Br)n1. The van der Waals surface area contributed by atoms with Gasteiger partial charge in [0, 0.05) is 0 Å². The lowest BCUT2D eigenvalue weighted by Crippen LogP contribution is -2.06. The second-order valence-electron chi connectivity index (χ2n) is 3.98. The number of halogens is 1. The van der Waals surface area contributed by atoms with E-state index in [0.717, 1.165) is 0 Å². The third-order valence-electron chi connectivity index (χ3n) is 2.63. The second-order valence-corrected chi connectivity index (χ2v) is 4.84. The molecule has 21 heavy (non-hydrogen) atoms. The second kappa shape index (κ2) is 6.45. The fraction of sp³-hybridized carbons (Fsp3) is 0.143. The first-order chi connectivity index (χ1) is 10.0. The Labute approximate surface area is 130 Å². The third kappa shape index (κ3) is 3.43. The van der Waals surface area contributed by atoms with E-state index in [0.29, 0.717) is 21.7 Å². The topological polar surface area (TPSA) is 83.7 Å². The van der Waals surface area contributed by atoms with E-state index in [9.17, 15) is 4.79 Å². The van der Waals surface area contributed by atoms with Crippen molar-refractivity contribution in [2.75, 3.05) is 20.0 Å². The summed E-state index contributed by atoms with van der Waals surface area (Å²) in [5, 5.41) is 0. The van der Waals surface area contributed by atoms with Gasteiger partial charge in [-0.1, -0.05) is 0 Å². The van der Waals surface area contributed by atoms with E-state index in [1.807, 2.05) is 0 Å². The molecule has 0 aliphatic heterocycles. The zero-order valence-electron chi connectivity index (χ0n) is 11.4. The van der Waals surface area contributed by atoms with Crippen LogP contribution >= 0.6 is 15.9 Å². The molecular formula is C14H13BrN2O4. The maximum absolute atomic E-state index is 11.5. The third-order valence-corrected chi connectivity index (χ3v) is 3.25. The van der Waals surface area contributed by atoms with Gasteiger partial charge in [0.15, 0.2) is 5.69 Å². The zero-order valence-corrected chi connectivity index (χ0v) is 13.0. The molecule has 2 aromatic rings. The summed E-state index contributed by atoms with van der Waals surface area (Å²) < 4.78 is 16.0. The molecule has 2 N–H and O–H groups in total. The zero-order chi connectivity index (χ0) is 15.4. The highest BCUT2D eigenvalue weighted by Crippen LogP contribution is 2.34. The van der Waals surface area contributed by atoms with Gasteiger partial charge in [-0.15, -0.1) is 0 Å². The summed E-state index contributed by atoms with van der Waals surface area (Å²) in [5.74, 6) is 0.743. The van der Waals surface area contributed by atoms with Crippen molar-refractivity contribution < 1.29 is 19.0 Å². The van der Waals surface area contributed by atoms with Gasteiger partial charge in [-0.25, -0.2) is 9.78 Å². The number of methoxy groups -OCH3 is 2. The van der Waals surface area contributed by atoms with Gasteiger partial charge in [-0.3, -0.25) is 0 Å². The highest BCUT2D eigenvalue weighted by atomic mass is 79.9. The molecule has 0 saturated heterocycles. The van der Waals surface area contributed by atoms with E-state index >= 15 is 0 Å². The summed E-state index contributed by atoms with van der Waals surface area (Å²) in [4.78, 5) is 15.5. The number of nitrogens with zero attached hydrogens (tertiary/aromatic N) is 1. The molecule has 2 rings (SSSR count). The average Bonchev–Trinajstić information content (AvgIpc) is 2.50. The van der Waals surface area contributed by atoms with Crippen molar-refractivity contribution in [3.63, 3.8) is 0 Å². The summed E-state index contributed by atoms with van der Waals surface area (Å²) in [6.07, 6.45) is 0. The Kier molecular flexibility index (Phi) is 4.64. The van der Waals surface area contributed by atoms with Crippen LogP contribution in [0.2, 0.25) is 0 Å². The molecule has 7 heteroatoms. The fourth-order valence-electron chi connectivity index (χ4n) is 1.55. The number of nitrogens with two attached hydrogens (primary N) is 1. The molecular weight excluding hydrogens is 340 g/mol. The molecule has 1 aromatic carbocycles. The summed E-state index contributed by atoms with van der Waals surface area (Å²) in [6.45, 7) is 0. The number of carbonyl (C=O) groups is 1. The molecule has 0 unspecified atom stereocenters. The van der Waals surface area contributed by atoms with Crippen molar-refractivity contribution in [3.05, 3.63) is 40.5 Å². The first-order valence-electron chi connectivity index (χ1n) is 5.91. The number of esters is 1. The summed E-state index contributed by atoms with van der Waals surface area (Å²) in [5.41, 5.74) is 6.23. The predicted octanol–water partition coefficient (Wildman–Crippen LogP) is 3.01. The molecule has 1 aromatic heterocycles. The molecule has 110 valence electrons. The molecule has 0 saturated carbocycles. The fourth-order valence-corrected chi connectivity index (χ4v) is 1.99. The van der Waals surface area contributed by atoms with Crippen LogP contribution in [-0.4, -0.2) is 25.2 Å². The number of benzene rings is 1. The number of hydrogen-bond donors (Lipinski definition) is 1. The normalized spacial score (nSPS) is 10.0. The van der Waals surface area contributed by atoms with Gasteiger partial charge in [0.25, 0.3) is 0 Å². The smallest absolute Gasteiger partial charge is 0.356 e. The van der Waals surface area contributed by atoms with E-state index in [2.05, 4.69) is 25.7 Å². The van der Waals surface area contributed by atoms with Crippen LogP contribution in [0.4, 0.5) is 5.69 Å². The first kappa shape index (κ1) is 15.1. The van der Waals surface area contributed by atoms with Crippen LogP contribution in [0.25, 0.3) is 0 Å². The minimum absolute atomic E-state index is 0.117. The summed E-state index contributed by atoms with van der Waals surface area (Å²) in [7, 11) is 2.85. The standard InChI is InChI=1S/C14H13BrN2O4/c1-19-8-3-6-12(9(15)7-8)21-13-10(16)4-5-11(17-13)14(18)20-2/h3-7H,16H2,1-2H3. The molecule has 0 atom stereocenters. The number of nitrogen functional groups attached to an aromatic ring is 1. The quantitative estimate of drug-likeness (QED) is 0.851. The maximum atomic E-state index is 11.5. The monoisotopic (exact) mass is 352 g/mol. The van der Waals surface area contributed by atoms with Crippen LogP contribution < -0.4 is 15.2 Å². The van der Waals surface area contributed by atoms with Crippen LogP contribution in [0.3, 0.4) is 0 Å². The molecule has 1 heterocycles. The molecule has 0 aliphatic carbocycles. The van der Waals surface area contributed by atoms with Crippen molar-refractivity contribution in [3.8, 4) is 17.4 Å². The highest BCUT2D eigenvalue weighted by molar-refractivity contribution is 9.10. The number of ether oxygens (including phenoxy) is 3. The van der Waals surface area contributed by atoms with E-state index in [-0.39, 0.29) is 11.6 Å². The van der Waals surface area contributed by atoms with Crippen molar-refractivity contribution in [2.45, 2.75) is 0 Å². The van der Waals surface area contributed by atoms with Gasteiger partial charge < -0.3 is 19.9 Å². The lowest BCUT2D eigenvalue weighted by Gasteiger charge is -2.11. The highest BCUT2D eigenvalue weighted by Gasteiger charge is 2.13. The number of hydrogen-bond acceptors (Lipinski definition) is 6. The number of aromatic nitrogens is 1. The number of carbonyl (C=O) groups excluding carboxylic acids is 1.